The van der Waals surface area contributed by atoms with E-state index in [-0.39, 0.29) is 6.10 Å². The summed E-state index contributed by atoms with van der Waals surface area (Å²) in [4.78, 5) is 0. The molecule has 0 spiro atoms. The lowest BCUT2D eigenvalue weighted by atomic mass is 10.1. The average molecular weight is 172 g/mol. The highest BCUT2D eigenvalue weighted by Crippen LogP contribution is 2.34. The molecule has 0 aliphatic heterocycles. The zero-order valence-corrected chi connectivity index (χ0v) is 8.05. The Kier molecular flexibility index (Phi) is 3.98. The maximum Gasteiger partial charge on any atom is 0.0713 e. The molecule has 0 aromatic heterocycles. The third kappa shape index (κ3) is 3.09. The molecule has 3 heteroatoms. The van der Waals surface area contributed by atoms with Crippen molar-refractivity contribution in [3.63, 3.8) is 0 Å². The standard InChI is InChI=1S/C9H20N2O/c1-3-12-7(2)9(11-10)6-8-4-5-8/h7-9,11H,3-6,10H2,1-2H3. The summed E-state index contributed by atoms with van der Waals surface area (Å²) in [5, 5.41) is 0. The highest BCUT2D eigenvalue weighted by atomic mass is 16.5. The molecule has 0 heterocycles. The number of hydrogen-bond acceptors (Lipinski definition) is 3. The molecule has 3 N–H and O–H groups in total. The van der Waals surface area contributed by atoms with Gasteiger partial charge in [0.15, 0.2) is 0 Å². The molecule has 1 aliphatic rings. The van der Waals surface area contributed by atoms with E-state index < -0.39 is 0 Å². The Morgan fingerprint density at radius 1 is 1.58 bits per heavy atom. The van der Waals surface area contributed by atoms with E-state index in [4.69, 9.17) is 10.6 Å². The van der Waals surface area contributed by atoms with Gasteiger partial charge >= 0.3 is 0 Å². The molecule has 0 saturated heterocycles. The maximum absolute atomic E-state index is 5.48. The molecule has 72 valence electrons. The maximum atomic E-state index is 5.48. The van der Waals surface area contributed by atoms with Crippen molar-refractivity contribution in [3.05, 3.63) is 0 Å². The van der Waals surface area contributed by atoms with E-state index in [0.29, 0.717) is 6.04 Å². The molecule has 0 radical (unpaired) electrons. The zero-order valence-electron chi connectivity index (χ0n) is 8.05. The predicted octanol–water partition coefficient (Wildman–Crippen LogP) is 1.04. The van der Waals surface area contributed by atoms with Crippen molar-refractivity contribution in [2.24, 2.45) is 11.8 Å². The Labute approximate surface area is 74.6 Å². The second kappa shape index (κ2) is 4.80. The number of nitrogens with one attached hydrogen (secondary N) is 1. The molecule has 0 aromatic rings. The normalized spacial score (nSPS) is 22.2. The van der Waals surface area contributed by atoms with E-state index in [1.165, 1.54) is 12.8 Å². The van der Waals surface area contributed by atoms with Crippen molar-refractivity contribution >= 4 is 0 Å². The lowest BCUT2D eigenvalue weighted by molar-refractivity contribution is 0.0437. The largest absolute Gasteiger partial charge is 0.377 e. The molecule has 12 heavy (non-hydrogen) atoms. The van der Waals surface area contributed by atoms with Crippen LogP contribution >= 0.6 is 0 Å². The van der Waals surface area contributed by atoms with Gasteiger partial charge in [-0.05, 0) is 26.2 Å². The van der Waals surface area contributed by atoms with Gasteiger partial charge < -0.3 is 4.74 Å². The summed E-state index contributed by atoms with van der Waals surface area (Å²) < 4.78 is 5.48. The Morgan fingerprint density at radius 3 is 2.67 bits per heavy atom. The van der Waals surface area contributed by atoms with Gasteiger partial charge in [-0.25, -0.2) is 0 Å². The van der Waals surface area contributed by atoms with Crippen LogP contribution in [0.3, 0.4) is 0 Å². The first-order valence-electron chi connectivity index (χ1n) is 4.85. The van der Waals surface area contributed by atoms with Crippen molar-refractivity contribution < 1.29 is 4.74 Å². The fourth-order valence-corrected chi connectivity index (χ4v) is 1.49. The molecule has 0 amide bonds. The molecular weight excluding hydrogens is 152 g/mol. The fourth-order valence-electron chi connectivity index (χ4n) is 1.49. The van der Waals surface area contributed by atoms with E-state index in [0.717, 1.165) is 18.9 Å². The Balaban J connectivity index is 2.21. The quantitative estimate of drug-likeness (QED) is 0.465. The molecule has 0 bridgehead atoms. The van der Waals surface area contributed by atoms with Crippen molar-refractivity contribution in [3.8, 4) is 0 Å². The van der Waals surface area contributed by atoms with Gasteiger partial charge in [0.1, 0.15) is 0 Å². The van der Waals surface area contributed by atoms with Crippen LogP contribution in [0.15, 0.2) is 0 Å². The lowest BCUT2D eigenvalue weighted by Crippen LogP contribution is -2.44. The van der Waals surface area contributed by atoms with Crippen molar-refractivity contribution in [1.82, 2.24) is 5.43 Å². The summed E-state index contributed by atoms with van der Waals surface area (Å²) in [6, 6.07) is 0.331. The van der Waals surface area contributed by atoms with Crippen LogP contribution in [0.5, 0.6) is 0 Å². The van der Waals surface area contributed by atoms with E-state index in [1.54, 1.807) is 0 Å². The second-order valence-corrected chi connectivity index (χ2v) is 3.61. The van der Waals surface area contributed by atoms with Crippen LogP contribution in [0.4, 0.5) is 0 Å². The zero-order chi connectivity index (χ0) is 8.97. The van der Waals surface area contributed by atoms with Crippen LogP contribution in [-0.2, 0) is 4.74 Å². The fraction of sp³-hybridized carbons (Fsp3) is 1.00. The molecule has 3 nitrogen and oxygen atoms in total. The number of hydrogen-bond donors (Lipinski definition) is 2. The number of ether oxygens (including phenoxy) is 1. The minimum Gasteiger partial charge on any atom is -0.377 e. The highest BCUT2D eigenvalue weighted by molar-refractivity contribution is 4.82. The molecule has 1 saturated carbocycles. The van der Waals surface area contributed by atoms with Crippen LogP contribution in [0, 0.1) is 5.92 Å². The molecular formula is C9H20N2O. The van der Waals surface area contributed by atoms with E-state index >= 15 is 0 Å². The minimum absolute atomic E-state index is 0.237. The van der Waals surface area contributed by atoms with E-state index in [9.17, 15) is 0 Å². The first-order valence-corrected chi connectivity index (χ1v) is 4.85. The number of rotatable bonds is 6. The number of nitrogens with two attached hydrogens (primary N) is 1. The van der Waals surface area contributed by atoms with Crippen LogP contribution in [0.2, 0.25) is 0 Å². The average Bonchev–Trinajstić information content (AvgIpc) is 2.84. The SMILES string of the molecule is CCOC(C)C(CC1CC1)NN. The monoisotopic (exact) mass is 172 g/mol. The Hall–Kier alpha value is -0.120. The van der Waals surface area contributed by atoms with E-state index in [1.807, 2.05) is 6.92 Å². The molecule has 1 aliphatic carbocycles. The van der Waals surface area contributed by atoms with Gasteiger partial charge in [0.05, 0.1) is 6.10 Å². The van der Waals surface area contributed by atoms with Gasteiger partial charge in [-0.1, -0.05) is 12.8 Å². The van der Waals surface area contributed by atoms with Crippen LogP contribution in [0.1, 0.15) is 33.1 Å². The lowest BCUT2D eigenvalue weighted by Gasteiger charge is -2.22. The predicted molar refractivity (Wildman–Crippen MR) is 49.5 cm³/mol. The molecule has 0 aromatic carbocycles. The molecule has 2 unspecified atom stereocenters. The third-order valence-corrected chi connectivity index (χ3v) is 2.49. The smallest absolute Gasteiger partial charge is 0.0713 e. The number of hydrazine groups is 1. The van der Waals surface area contributed by atoms with Crippen LogP contribution in [0.25, 0.3) is 0 Å². The van der Waals surface area contributed by atoms with Crippen LogP contribution in [-0.4, -0.2) is 18.8 Å². The first kappa shape index (κ1) is 9.96. The summed E-state index contributed by atoms with van der Waals surface area (Å²) in [6.45, 7) is 4.86. The summed E-state index contributed by atoms with van der Waals surface area (Å²) >= 11 is 0. The molecule has 1 fully saturated rings. The van der Waals surface area contributed by atoms with Gasteiger partial charge in [0, 0.05) is 12.6 Å². The van der Waals surface area contributed by atoms with Crippen molar-refractivity contribution in [2.75, 3.05) is 6.61 Å². The summed E-state index contributed by atoms with van der Waals surface area (Å²) in [5.41, 5.74) is 2.83. The Morgan fingerprint density at radius 2 is 2.25 bits per heavy atom. The van der Waals surface area contributed by atoms with Gasteiger partial charge in [-0.3, -0.25) is 11.3 Å². The molecule has 1 rings (SSSR count). The van der Waals surface area contributed by atoms with E-state index in [2.05, 4.69) is 12.3 Å². The summed E-state index contributed by atoms with van der Waals surface area (Å²) in [6.07, 6.45) is 4.15. The third-order valence-electron chi connectivity index (χ3n) is 2.49. The molecule has 2 atom stereocenters. The second-order valence-electron chi connectivity index (χ2n) is 3.61. The Bertz CT molecular complexity index is 126. The highest BCUT2D eigenvalue weighted by Gasteiger charge is 2.27. The van der Waals surface area contributed by atoms with Gasteiger partial charge in [-0.2, -0.15) is 0 Å². The van der Waals surface area contributed by atoms with Crippen molar-refractivity contribution in [2.45, 2.75) is 45.3 Å². The van der Waals surface area contributed by atoms with Gasteiger partial charge in [0.2, 0.25) is 0 Å². The summed E-state index contributed by atoms with van der Waals surface area (Å²) in [5.74, 6) is 6.35. The van der Waals surface area contributed by atoms with Gasteiger partial charge in [-0.15, -0.1) is 0 Å². The summed E-state index contributed by atoms with van der Waals surface area (Å²) in [7, 11) is 0. The van der Waals surface area contributed by atoms with Crippen molar-refractivity contribution in [1.29, 1.82) is 0 Å². The van der Waals surface area contributed by atoms with Gasteiger partial charge in [0.25, 0.3) is 0 Å². The minimum atomic E-state index is 0.237. The van der Waals surface area contributed by atoms with Crippen LogP contribution < -0.4 is 11.3 Å². The topological polar surface area (TPSA) is 47.3 Å². The first-order chi connectivity index (χ1) is 5.77.